The molecule has 1 aliphatic rings. The number of urea groups is 1. The molecule has 1 atom stereocenters. The molecule has 1 aliphatic heterocycles. The van der Waals surface area contributed by atoms with Crippen LogP contribution in [0.3, 0.4) is 0 Å². The number of aromatic nitrogens is 1. The highest BCUT2D eigenvalue weighted by Crippen LogP contribution is 2.25. The van der Waals surface area contributed by atoms with Crippen LogP contribution in [0, 0.1) is 6.92 Å². The van der Waals surface area contributed by atoms with Gasteiger partial charge in [-0.05, 0) is 31.9 Å². The molecule has 1 aromatic rings. The molecule has 0 aromatic carbocycles. The highest BCUT2D eigenvalue weighted by molar-refractivity contribution is 5.74. The Bertz CT molecular complexity index is 539. The fraction of sp³-hybridized carbons (Fsp3) is 0.625. The third-order valence-electron chi connectivity index (χ3n) is 4.29. The van der Waals surface area contributed by atoms with E-state index in [0.717, 1.165) is 18.2 Å². The van der Waals surface area contributed by atoms with Crippen LogP contribution in [0.25, 0.3) is 0 Å². The fourth-order valence-electron chi connectivity index (χ4n) is 2.59. The van der Waals surface area contributed by atoms with E-state index < -0.39 is 12.2 Å². The number of rotatable bonds is 4. The van der Waals surface area contributed by atoms with Gasteiger partial charge in [-0.1, -0.05) is 6.07 Å². The molecule has 24 heavy (non-hydrogen) atoms. The number of nitrogens with one attached hydrogen (secondary N) is 1. The lowest BCUT2D eigenvalue weighted by molar-refractivity contribution is -0.181. The van der Waals surface area contributed by atoms with E-state index in [-0.39, 0.29) is 19.1 Å². The number of hydrogen-bond acceptors (Lipinski definition) is 3. The number of alkyl halides is 3. The molecule has 2 rings (SSSR count). The Morgan fingerprint density at radius 2 is 1.96 bits per heavy atom. The van der Waals surface area contributed by atoms with Gasteiger partial charge in [0.25, 0.3) is 0 Å². The molecular formula is C16H23F3N4O. The van der Waals surface area contributed by atoms with E-state index in [1.807, 2.05) is 19.1 Å². The van der Waals surface area contributed by atoms with Crippen LogP contribution in [-0.4, -0.2) is 65.8 Å². The average Bonchev–Trinajstić information content (AvgIpc) is 2.55. The number of hydrogen-bond donors (Lipinski definition) is 1. The van der Waals surface area contributed by atoms with Gasteiger partial charge in [0.1, 0.15) is 6.04 Å². The van der Waals surface area contributed by atoms with Gasteiger partial charge in [0, 0.05) is 44.6 Å². The Morgan fingerprint density at radius 3 is 2.50 bits per heavy atom. The van der Waals surface area contributed by atoms with Crippen LogP contribution in [0.4, 0.5) is 18.0 Å². The normalized spacial score (nSPS) is 17.6. The first-order chi connectivity index (χ1) is 11.3. The van der Waals surface area contributed by atoms with Gasteiger partial charge >= 0.3 is 12.2 Å². The van der Waals surface area contributed by atoms with Crippen molar-refractivity contribution in [2.24, 2.45) is 0 Å². The minimum Gasteiger partial charge on any atom is -0.338 e. The standard InChI is InChI=1S/C16H23F3N4O/c1-12-3-4-14(11-21-12)5-6-20-15(24)23-9-7-22(8-10-23)13(2)16(17,18)19/h3-4,11,13H,5-10H2,1-2H3,(H,20,24). The topological polar surface area (TPSA) is 48.5 Å². The fourth-order valence-corrected chi connectivity index (χ4v) is 2.59. The number of nitrogens with zero attached hydrogens (tertiary/aromatic N) is 3. The van der Waals surface area contributed by atoms with Gasteiger partial charge in [-0.2, -0.15) is 13.2 Å². The van der Waals surface area contributed by atoms with Crippen molar-refractivity contribution < 1.29 is 18.0 Å². The lowest BCUT2D eigenvalue weighted by Crippen LogP contribution is -2.56. The van der Waals surface area contributed by atoms with E-state index in [9.17, 15) is 18.0 Å². The predicted octanol–water partition coefficient (Wildman–Crippen LogP) is 2.21. The monoisotopic (exact) mass is 344 g/mol. The second-order valence-corrected chi connectivity index (χ2v) is 6.03. The first kappa shape index (κ1) is 18.5. The number of pyridine rings is 1. The molecule has 0 saturated carbocycles. The van der Waals surface area contributed by atoms with Gasteiger partial charge in [-0.3, -0.25) is 9.88 Å². The largest absolute Gasteiger partial charge is 0.403 e. The van der Waals surface area contributed by atoms with Crippen molar-refractivity contribution in [3.63, 3.8) is 0 Å². The molecule has 1 saturated heterocycles. The smallest absolute Gasteiger partial charge is 0.338 e. The van der Waals surface area contributed by atoms with Gasteiger partial charge in [-0.15, -0.1) is 0 Å². The second kappa shape index (κ2) is 7.83. The van der Waals surface area contributed by atoms with Gasteiger partial charge < -0.3 is 10.2 Å². The molecule has 1 N–H and O–H groups in total. The first-order valence-electron chi connectivity index (χ1n) is 8.02. The summed E-state index contributed by atoms with van der Waals surface area (Å²) in [4.78, 5) is 19.2. The predicted molar refractivity (Wildman–Crippen MR) is 84.7 cm³/mol. The number of halogens is 3. The van der Waals surface area contributed by atoms with Crippen LogP contribution < -0.4 is 5.32 Å². The highest BCUT2D eigenvalue weighted by atomic mass is 19.4. The highest BCUT2D eigenvalue weighted by Gasteiger charge is 2.41. The third kappa shape index (κ3) is 5.09. The van der Waals surface area contributed by atoms with Gasteiger partial charge in [0.2, 0.25) is 0 Å². The van der Waals surface area contributed by atoms with Crippen LogP contribution in [0.2, 0.25) is 0 Å². The molecule has 1 fully saturated rings. The molecule has 5 nitrogen and oxygen atoms in total. The molecule has 2 amide bonds. The molecule has 0 bridgehead atoms. The minimum absolute atomic E-state index is 0.227. The summed E-state index contributed by atoms with van der Waals surface area (Å²) in [5.74, 6) is 0. The van der Waals surface area contributed by atoms with Crippen molar-refractivity contribution in [3.8, 4) is 0 Å². The molecule has 0 spiro atoms. The molecule has 2 heterocycles. The first-order valence-corrected chi connectivity index (χ1v) is 8.02. The Labute approximate surface area is 139 Å². The zero-order chi connectivity index (χ0) is 17.7. The molecular weight excluding hydrogens is 321 g/mol. The van der Waals surface area contributed by atoms with E-state index in [0.29, 0.717) is 26.1 Å². The summed E-state index contributed by atoms with van der Waals surface area (Å²) >= 11 is 0. The van der Waals surface area contributed by atoms with Crippen LogP contribution in [-0.2, 0) is 6.42 Å². The number of carbonyl (C=O) groups is 1. The number of carbonyl (C=O) groups excluding carboxylic acids is 1. The molecule has 0 aliphatic carbocycles. The Morgan fingerprint density at radius 1 is 1.29 bits per heavy atom. The summed E-state index contributed by atoms with van der Waals surface area (Å²) < 4.78 is 38.1. The average molecular weight is 344 g/mol. The maximum atomic E-state index is 12.7. The summed E-state index contributed by atoms with van der Waals surface area (Å²) in [6.45, 7) is 4.61. The molecule has 0 radical (unpaired) electrons. The van der Waals surface area contributed by atoms with Gasteiger partial charge in [-0.25, -0.2) is 4.79 Å². The molecule has 8 heteroatoms. The second-order valence-electron chi connectivity index (χ2n) is 6.03. The maximum absolute atomic E-state index is 12.7. The van der Waals surface area contributed by atoms with Gasteiger partial charge in [0.15, 0.2) is 0 Å². The van der Waals surface area contributed by atoms with E-state index in [2.05, 4.69) is 10.3 Å². The van der Waals surface area contributed by atoms with Gasteiger partial charge in [0.05, 0.1) is 0 Å². The Balaban J connectivity index is 1.72. The summed E-state index contributed by atoms with van der Waals surface area (Å²) in [6.07, 6.45) is -1.78. The minimum atomic E-state index is -4.23. The molecule has 1 aromatic heterocycles. The van der Waals surface area contributed by atoms with Crippen molar-refractivity contribution in [1.82, 2.24) is 20.1 Å². The van der Waals surface area contributed by atoms with Crippen LogP contribution in [0.1, 0.15) is 18.2 Å². The maximum Gasteiger partial charge on any atom is 0.403 e. The van der Waals surface area contributed by atoms with Crippen molar-refractivity contribution in [3.05, 3.63) is 29.6 Å². The summed E-state index contributed by atoms with van der Waals surface area (Å²) in [7, 11) is 0. The Hall–Kier alpha value is -1.83. The van der Waals surface area contributed by atoms with Crippen LogP contribution in [0.15, 0.2) is 18.3 Å². The Kier molecular flexibility index (Phi) is 6.04. The van der Waals surface area contributed by atoms with E-state index in [1.165, 1.54) is 4.90 Å². The van der Waals surface area contributed by atoms with Crippen LogP contribution in [0.5, 0.6) is 0 Å². The van der Waals surface area contributed by atoms with Crippen molar-refractivity contribution >= 4 is 6.03 Å². The number of amides is 2. The quantitative estimate of drug-likeness (QED) is 0.911. The lowest BCUT2D eigenvalue weighted by Gasteiger charge is -2.38. The van der Waals surface area contributed by atoms with E-state index in [1.54, 1.807) is 11.1 Å². The summed E-state index contributed by atoms with van der Waals surface area (Å²) in [5, 5.41) is 2.81. The molecule has 1 unspecified atom stereocenters. The summed E-state index contributed by atoms with van der Waals surface area (Å²) in [6, 6.07) is 2.18. The number of piperazine rings is 1. The van der Waals surface area contributed by atoms with E-state index in [4.69, 9.17) is 0 Å². The third-order valence-corrected chi connectivity index (χ3v) is 4.29. The zero-order valence-electron chi connectivity index (χ0n) is 13.9. The van der Waals surface area contributed by atoms with E-state index >= 15 is 0 Å². The van der Waals surface area contributed by atoms with Crippen molar-refractivity contribution in [1.29, 1.82) is 0 Å². The van der Waals surface area contributed by atoms with Crippen molar-refractivity contribution in [2.45, 2.75) is 32.5 Å². The number of aryl methyl sites for hydroxylation is 1. The lowest BCUT2D eigenvalue weighted by atomic mass is 10.2. The summed E-state index contributed by atoms with van der Waals surface area (Å²) in [5.41, 5.74) is 1.97. The van der Waals surface area contributed by atoms with Crippen molar-refractivity contribution in [2.75, 3.05) is 32.7 Å². The van der Waals surface area contributed by atoms with Crippen LogP contribution >= 0.6 is 0 Å². The SMILES string of the molecule is Cc1ccc(CCNC(=O)N2CCN(C(C)C(F)(F)F)CC2)cn1. The molecule has 134 valence electrons. The zero-order valence-corrected chi connectivity index (χ0v) is 13.9.